The molecule has 12 heteroatoms. The van der Waals surface area contributed by atoms with Crippen LogP contribution in [0, 0.1) is 17.0 Å². The number of aryl methyl sites for hydroxylation is 1. The SMILES string of the molecule is COc1ccc([N+](=O)[O-])cc1S(=O)(=O)Nc1ccc(C)c(S(=O)(=O)N2CCCCC2)c1. The maximum absolute atomic E-state index is 13.1. The molecule has 0 aliphatic carbocycles. The summed E-state index contributed by atoms with van der Waals surface area (Å²) < 4.78 is 60.7. The molecule has 10 nitrogen and oxygen atoms in total. The van der Waals surface area contributed by atoms with Gasteiger partial charge < -0.3 is 4.74 Å². The highest BCUT2D eigenvalue weighted by molar-refractivity contribution is 7.92. The Morgan fingerprint density at radius 3 is 2.29 bits per heavy atom. The fourth-order valence-corrected chi connectivity index (χ4v) is 6.39. The third-order valence-corrected chi connectivity index (χ3v) is 8.46. The molecule has 1 fully saturated rings. The van der Waals surface area contributed by atoms with Gasteiger partial charge >= 0.3 is 0 Å². The lowest BCUT2D eigenvalue weighted by atomic mass is 10.2. The maximum atomic E-state index is 13.1. The van der Waals surface area contributed by atoms with Crippen molar-refractivity contribution in [2.75, 3.05) is 24.9 Å². The van der Waals surface area contributed by atoms with Crippen LogP contribution in [0.25, 0.3) is 0 Å². The molecule has 0 atom stereocenters. The van der Waals surface area contributed by atoms with E-state index in [1.807, 2.05) is 0 Å². The predicted octanol–water partition coefficient (Wildman–Crippen LogP) is 2.89. The van der Waals surface area contributed by atoms with Crippen LogP contribution in [-0.2, 0) is 20.0 Å². The van der Waals surface area contributed by atoms with Crippen LogP contribution in [0.3, 0.4) is 0 Å². The average Bonchev–Trinajstić information content (AvgIpc) is 2.74. The molecule has 1 aliphatic heterocycles. The molecule has 1 heterocycles. The van der Waals surface area contributed by atoms with Crippen molar-refractivity contribution in [2.45, 2.75) is 36.0 Å². The van der Waals surface area contributed by atoms with Crippen LogP contribution in [0.2, 0.25) is 0 Å². The van der Waals surface area contributed by atoms with E-state index in [0.29, 0.717) is 18.7 Å². The largest absolute Gasteiger partial charge is 0.495 e. The maximum Gasteiger partial charge on any atom is 0.271 e. The Kier molecular flexibility index (Phi) is 6.53. The second kappa shape index (κ2) is 8.81. The normalized spacial score (nSPS) is 15.4. The summed E-state index contributed by atoms with van der Waals surface area (Å²) in [6.45, 7) is 2.48. The summed E-state index contributed by atoms with van der Waals surface area (Å²) in [6, 6.07) is 7.42. The highest BCUT2D eigenvalue weighted by Gasteiger charge is 2.29. The fraction of sp³-hybridized carbons (Fsp3) is 0.368. The van der Waals surface area contributed by atoms with Gasteiger partial charge in [0.25, 0.3) is 15.7 Å². The van der Waals surface area contributed by atoms with E-state index in [1.165, 1.54) is 35.7 Å². The van der Waals surface area contributed by atoms with E-state index in [0.717, 1.165) is 31.4 Å². The van der Waals surface area contributed by atoms with Crippen molar-refractivity contribution in [3.05, 3.63) is 52.1 Å². The number of rotatable bonds is 7. The first-order valence-corrected chi connectivity index (χ1v) is 12.4. The number of anilines is 1. The van der Waals surface area contributed by atoms with Crippen molar-refractivity contribution >= 4 is 31.4 Å². The van der Waals surface area contributed by atoms with Gasteiger partial charge in [-0.15, -0.1) is 0 Å². The van der Waals surface area contributed by atoms with Crippen LogP contribution in [0.5, 0.6) is 5.75 Å². The van der Waals surface area contributed by atoms with Crippen LogP contribution in [0.15, 0.2) is 46.2 Å². The van der Waals surface area contributed by atoms with E-state index in [2.05, 4.69) is 4.72 Å². The average molecular weight is 470 g/mol. The number of nitrogens with zero attached hydrogens (tertiary/aromatic N) is 2. The Bertz CT molecular complexity index is 1210. The summed E-state index contributed by atoms with van der Waals surface area (Å²) in [6.07, 6.45) is 2.52. The first-order chi connectivity index (χ1) is 14.6. The van der Waals surface area contributed by atoms with Crippen LogP contribution in [0.4, 0.5) is 11.4 Å². The summed E-state index contributed by atoms with van der Waals surface area (Å²) in [7, 11) is -6.84. The Balaban J connectivity index is 1.99. The zero-order valence-corrected chi connectivity index (χ0v) is 18.7. The molecule has 0 saturated carbocycles. The number of nitro benzene ring substituents is 1. The minimum Gasteiger partial charge on any atom is -0.495 e. The van der Waals surface area contributed by atoms with E-state index in [-0.39, 0.29) is 16.3 Å². The quantitative estimate of drug-likeness (QED) is 0.486. The molecule has 31 heavy (non-hydrogen) atoms. The number of sulfonamides is 2. The Morgan fingerprint density at radius 1 is 1.00 bits per heavy atom. The van der Waals surface area contributed by atoms with Gasteiger partial charge in [-0.2, -0.15) is 4.31 Å². The molecule has 1 aliphatic rings. The zero-order chi connectivity index (χ0) is 22.8. The monoisotopic (exact) mass is 469 g/mol. The van der Waals surface area contributed by atoms with E-state index in [9.17, 15) is 26.9 Å². The molecule has 0 aromatic heterocycles. The molecular weight excluding hydrogens is 446 g/mol. The van der Waals surface area contributed by atoms with Crippen molar-refractivity contribution in [3.63, 3.8) is 0 Å². The summed E-state index contributed by atoms with van der Waals surface area (Å²) >= 11 is 0. The number of piperidine rings is 1. The number of hydrogen-bond donors (Lipinski definition) is 1. The lowest BCUT2D eigenvalue weighted by Crippen LogP contribution is -2.36. The number of ether oxygens (including phenoxy) is 1. The molecule has 0 bridgehead atoms. The summed E-state index contributed by atoms with van der Waals surface area (Å²) in [5, 5.41) is 11.1. The number of methoxy groups -OCH3 is 1. The van der Waals surface area contributed by atoms with E-state index in [4.69, 9.17) is 4.74 Å². The summed E-state index contributed by atoms with van der Waals surface area (Å²) in [5.41, 5.74) is 0.0923. The van der Waals surface area contributed by atoms with Gasteiger partial charge in [-0.1, -0.05) is 12.5 Å². The summed E-state index contributed by atoms with van der Waals surface area (Å²) in [4.78, 5) is 9.93. The van der Waals surface area contributed by atoms with Gasteiger partial charge in [0.2, 0.25) is 10.0 Å². The molecule has 2 aromatic carbocycles. The first-order valence-electron chi connectivity index (χ1n) is 9.52. The summed E-state index contributed by atoms with van der Waals surface area (Å²) in [5.74, 6) is -0.0774. The van der Waals surface area contributed by atoms with Crippen molar-refractivity contribution in [1.29, 1.82) is 0 Å². The predicted molar refractivity (Wildman–Crippen MR) is 114 cm³/mol. The van der Waals surface area contributed by atoms with Crippen molar-refractivity contribution in [3.8, 4) is 5.75 Å². The first kappa shape index (κ1) is 23.0. The standard InChI is InChI=1S/C19H23N3O7S2/c1-14-6-7-15(12-18(14)31(27,28)21-10-4-3-5-11-21)20-30(25,26)19-13-16(22(23)24)8-9-17(19)29-2/h6-9,12-13,20H,3-5,10-11H2,1-2H3. The fourth-order valence-electron chi connectivity index (χ4n) is 3.38. The molecule has 0 amide bonds. The molecule has 3 rings (SSSR count). The molecule has 2 aromatic rings. The van der Waals surface area contributed by atoms with E-state index in [1.54, 1.807) is 6.92 Å². The van der Waals surface area contributed by atoms with Crippen molar-refractivity contribution in [1.82, 2.24) is 4.31 Å². The Morgan fingerprint density at radius 2 is 1.68 bits per heavy atom. The number of hydrogen-bond acceptors (Lipinski definition) is 7. The molecule has 0 spiro atoms. The van der Waals surface area contributed by atoms with Gasteiger partial charge in [0.05, 0.1) is 22.6 Å². The van der Waals surface area contributed by atoms with E-state index < -0.39 is 35.6 Å². The third-order valence-electron chi connectivity index (χ3n) is 5.02. The highest BCUT2D eigenvalue weighted by atomic mass is 32.2. The Hall–Kier alpha value is -2.70. The van der Waals surface area contributed by atoms with Crippen molar-refractivity contribution in [2.24, 2.45) is 0 Å². The van der Waals surface area contributed by atoms with Gasteiger partial charge in [0.1, 0.15) is 10.6 Å². The van der Waals surface area contributed by atoms with Crippen LogP contribution in [0.1, 0.15) is 24.8 Å². The molecule has 1 N–H and O–H groups in total. The smallest absolute Gasteiger partial charge is 0.271 e. The lowest BCUT2D eigenvalue weighted by Gasteiger charge is -2.26. The molecule has 1 saturated heterocycles. The second-order valence-electron chi connectivity index (χ2n) is 7.14. The highest BCUT2D eigenvalue weighted by Crippen LogP contribution is 2.31. The molecular formula is C19H23N3O7S2. The van der Waals surface area contributed by atoms with Crippen LogP contribution in [-0.4, -0.2) is 46.3 Å². The number of nitro groups is 1. The van der Waals surface area contributed by atoms with Gasteiger partial charge in [0.15, 0.2) is 0 Å². The second-order valence-corrected chi connectivity index (χ2v) is 10.7. The van der Waals surface area contributed by atoms with E-state index >= 15 is 0 Å². The van der Waals surface area contributed by atoms with Gasteiger partial charge in [-0.25, -0.2) is 16.8 Å². The minimum atomic E-state index is -4.30. The molecule has 168 valence electrons. The lowest BCUT2D eigenvalue weighted by molar-refractivity contribution is -0.385. The van der Waals surface area contributed by atoms with Gasteiger partial charge in [-0.05, 0) is 43.5 Å². The third kappa shape index (κ3) is 4.81. The van der Waals surface area contributed by atoms with Gasteiger partial charge in [0, 0.05) is 25.2 Å². The van der Waals surface area contributed by atoms with Gasteiger partial charge in [-0.3, -0.25) is 14.8 Å². The topological polar surface area (TPSA) is 136 Å². The van der Waals surface area contributed by atoms with Crippen LogP contribution >= 0.6 is 0 Å². The minimum absolute atomic E-state index is 0.0145. The molecule has 0 radical (unpaired) electrons. The number of benzene rings is 2. The number of nitrogens with one attached hydrogen (secondary N) is 1. The van der Waals surface area contributed by atoms with Crippen molar-refractivity contribution < 1.29 is 26.5 Å². The number of non-ortho nitro benzene ring substituents is 1. The molecule has 0 unspecified atom stereocenters. The Labute approximate surface area is 181 Å². The zero-order valence-electron chi connectivity index (χ0n) is 17.1. The van der Waals surface area contributed by atoms with Crippen LogP contribution < -0.4 is 9.46 Å².